The summed E-state index contributed by atoms with van der Waals surface area (Å²) in [4.78, 5) is 4.97. The number of rotatable bonds is 5. The van der Waals surface area contributed by atoms with Crippen LogP contribution in [-0.4, -0.2) is 14.1 Å². The van der Waals surface area contributed by atoms with Crippen LogP contribution < -0.4 is 0 Å². The summed E-state index contributed by atoms with van der Waals surface area (Å²) >= 11 is 0. The number of para-hydroxylation sites is 4. The van der Waals surface area contributed by atoms with E-state index in [1.807, 2.05) is 0 Å². The van der Waals surface area contributed by atoms with Gasteiger partial charge in [0.25, 0.3) is 0 Å². The zero-order valence-electron chi connectivity index (χ0n) is 24.3. The lowest BCUT2D eigenvalue weighted by atomic mass is 9.98. The summed E-state index contributed by atoms with van der Waals surface area (Å²) in [6.07, 6.45) is 0. The van der Waals surface area contributed by atoms with Crippen LogP contribution in [0.2, 0.25) is 0 Å². The molecule has 206 valence electrons. The van der Waals surface area contributed by atoms with Gasteiger partial charge in [-0.25, -0.2) is 4.98 Å². The van der Waals surface area contributed by atoms with Crippen molar-refractivity contribution in [3.8, 4) is 33.6 Å². The number of hydrogen-bond donors (Lipinski definition) is 0. The number of nitrogens with zero attached hydrogens (tertiary/aromatic N) is 3. The molecule has 0 bridgehead atoms. The molecule has 6 aromatic carbocycles. The molecule has 43 heavy (non-hydrogen) atoms. The van der Waals surface area contributed by atoms with Gasteiger partial charge in [-0.15, -0.1) is 0 Å². The molecule has 3 nitrogen and oxygen atoms in total. The number of hydrogen-bond acceptors (Lipinski definition) is 1. The van der Waals surface area contributed by atoms with Crippen molar-refractivity contribution in [2.45, 2.75) is 19.8 Å². The van der Waals surface area contributed by atoms with Gasteiger partial charge in [-0.2, -0.15) is 0 Å². The van der Waals surface area contributed by atoms with Gasteiger partial charge in [0.15, 0.2) is 0 Å². The number of benzene rings is 6. The summed E-state index contributed by atoms with van der Waals surface area (Å²) in [6.45, 7) is 4.41. The molecule has 8 rings (SSSR count). The Morgan fingerprint density at radius 3 is 1.49 bits per heavy atom. The maximum atomic E-state index is 4.97. The lowest BCUT2D eigenvalue weighted by Crippen LogP contribution is -2.03. The average molecular weight is 554 g/mol. The van der Waals surface area contributed by atoms with Gasteiger partial charge in [0.05, 0.1) is 22.1 Å². The Balaban J connectivity index is 1.22. The second-order valence-corrected chi connectivity index (χ2v) is 11.5. The molecule has 0 aliphatic carbocycles. The second-order valence-electron chi connectivity index (χ2n) is 11.5. The third-order valence-corrected chi connectivity index (χ3v) is 8.42. The van der Waals surface area contributed by atoms with Crippen LogP contribution in [0.15, 0.2) is 146 Å². The maximum Gasteiger partial charge on any atom is 0.117 e. The van der Waals surface area contributed by atoms with Crippen LogP contribution in [0.3, 0.4) is 0 Å². The third kappa shape index (κ3) is 4.24. The standard InChI is InChI=1S/C40H31N3/c1-27(2)40-41-36-20-5-8-23-39(36)43(40)33-17-11-15-31(26-33)29-13-9-12-28(24-29)30-14-10-16-32(25-30)42-37-21-6-3-18-34(37)35-19-4-7-22-38(35)42/h3-27H,1-2H3. The lowest BCUT2D eigenvalue weighted by Gasteiger charge is -2.14. The monoisotopic (exact) mass is 553 g/mol. The van der Waals surface area contributed by atoms with Crippen LogP contribution in [0.25, 0.3) is 66.5 Å². The van der Waals surface area contributed by atoms with Crippen molar-refractivity contribution in [2.75, 3.05) is 0 Å². The fraction of sp³-hybridized carbons (Fsp3) is 0.0750. The molecule has 2 aromatic heterocycles. The van der Waals surface area contributed by atoms with Crippen LogP contribution in [0, 0.1) is 0 Å². The van der Waals surface area contributed by atoms with E-state index in [2.05, 4.69) is 169 Å². The van der Waals surface area contributed by atoms with Gasteiger partial charge in [0.2, 0.25) is 0 Å². The molecule has 0 atom stereocenters. The minimum atomic E-state index is 0.307. The van der Waals surface area contributed by atoms with E-state index in [9.17, 15) is 0 Å². The Morgan fingerprint density at radius 2 is 0.907 bits per heavy atom. The van der Waals surface area contributed by atoms with E-state index < -0.39 is 0 Å². The SMILES string of the molecule is CC(C)c1nc2ccccc2n1-c1cccc(-c2cccc(-c3cccc(-n4c5ccccc5c5ccccc54)c3)c2)c1. The van der Waals surface area contributed by atoms with Crippen molar-refractivity contribution in [1.82, 2.24) is 14.1 Å². The van der Waals surface area contributed by atoms with Crippen LogP contribution in [0.4, 0.5) is 0 Å². The molecule has 0 fully saturated rings. The van der Waals surface area contributed by atoms with Gasteiger partial charge < -0.3 is 4.57 Å². The van der Waals surface area contributed by atoms with Gasteiger partial charge in [-0.05, 0) is 76.9 Å². The molecular weight excluding hydrogens is 522 g/mol. The first kappa shape index (κ1) is 25.3. The zero-order chi connectivity index (χ0) is 28.9. The normalized spacial score (nSPS) is 11.7. The zero-order valence-corrected chi connectivity index (χ0v) is 24.3. The molecule has 0 amide bonds. The molecule has 8 aromatic rings. The first-order valence-corrected chi connectivity index (χ1v) is 14.9. The van der Waals surface area contributed by atoms with E-state index in [0.717, 1.165) is 28.2 Å². The first-order valence-electron chi connectivity index (χ1n) is 14.9. The molecule has 0 unspecified atom stereocenters. The van der Waals surface area contributed by atoms with E-state index in [4.69, 9.17) is 4.98 Å². The summed E-state index contributed by atoms with van der Waals surface area (Å²) in [6, 6.07) is 52.3. The topological polar surface area (TPSA) is 22.8 Å². The Labute approximate surface area is 251 Å². The van der Waals surface area contributed by atoms with Gasteiger partial charge in [-0.3, -0.25) is 4.57 Å². The Kier molecular flexibility index (Phi) is 5.97. The summed E-state index contributed by atoms with van der Waals surface area (Å²) < 4.78 is 4.69. The highest BCUT2D eigenvalue weighted by Crippen LogP contribution is 2.35. The Morgan fingerprint density at radius 1 is 0.442 bits per heavy atom. The van der Waals surface area contributed by atoms with Crippen molar-refractivity contribution in [2.24, 2.45) is 0 Å². The molecule has 3 heteroatoms. The fourth-order valence-corrected chi connectivity index (χ4v) is 6.43. The van der Waals surface area contributed by atoms with Crippen molar-refractivity contribution in [3.63, 3.8) is 0 Å². The molecule has 0 saturated carbocycles. The lowest BCUT2D eigenvalue weighted by molar-refractivity contribution is 0.760. The molecule has 2 heterocycles. The average Bonchev–Trinajstić information content (AvgIpc) is 3.62. The summed E-state index contributed by atoms with van der Waals surface area (Å²) in [5.74, 6) is 1.38. The summed E-state index contributed by atoms with van der Waals surface area (Å²) in [5.41, 5.74) is 11.7. The van der Waals surface area contributed by atoms with Gasteiger partial charge >= 0.3 is 0 Å². The van der Waals surface area contributed by atoms with Crippen LogP contribution in [-0.2, 0) is 0 Å². The van der Waals surface area contributed by atoms with E-state index in [0.29, 0.717) is 5.92 Å². The molecule has 0 radical (unpaired) electrons. The van der Waals surface area contributed by atoms with Crippen molar-refractivity contribution < 1.29 is 0 Å². The van der Waals surface area contributed by atoms with E-state index in [1.54, 1.807) is 0 Å². The minimum Gasteiger partial charge on any atom is -0.309 e. The van der Waals surface area contributed by atoms with Crippen LogP contribution in [0.1, 0.15) is 25.6 Å². The predicted molar refractivity (Wildman–Crippen MR) is 180 cm³/mol. The highest BCUT2D eigenvalue weighted by atomic mass is 15.1. The number of fused-ring (bicyclic) bond motifs is 4. The second kappa shape index (κ2) is 10.1. The molecule has 0 aliphatic rings. The number of aromatic nitrogens is 3. The van der Waals surface area contributed by atoms with Gasteiger partial charge in [0, 0.05) is 28.1 Å². The Bertz CT molecular complexity index is 2230. The molecule has 0 N–H and O–H groups in total. The van der Waals surface area contributed by atoms with Crippen LogP contribution in [0.5, 0.6) is 0 Å². The molecular formula is C40H31N3. The van der Waals surface area contributed by atoms with E-state index in [1.165, 1.54) is 44.1 Å². The smallest absolute Gasteiger partial charge is 0.117 e. The Hall–Kier alpha value is -5.41. The van der Waals surface area contributed by atoms with Crippen molar-refractivity contribution >= 4 is 32.8 Å². The minimum absolute atomic E-state index is 0.307. The summed E-state index contributed by atoms with van der Waals surface area (Å²) in [5, 5.41) is 2.55. The first-order chi connectivity index (χ1) is 21.2. The molecule has 0 aliphatic heterocycles. The van der Waals surface area contributed by atoms with Crippen LogP contribution >= 0.6 is 0 Å². The quantitative estimate of drug-likeness (QED) is 0.208. The largest absolute Gasteiger partial charge is 0.309 e. The number of imidazole rings is 1. The van der Waals surface area contributed by atoms with Gasteiger partial charge in [0.1, 0.15) is 5.82 Å². The van der Waals surface area contributed by atoms with Gasteiger partial charge in [-0.1, -0.05) is 105 Å². The van der Waals surface area contributed by atoms with E-state index >= 15 is 0 Å². The van der Waals surface area contributed by atoms with Crippen molar-refractivity contribution in [3.05, 3.63) is 151 Å². The van der Waals surface area contributed by atoms with Crippen molar-refractivity contribution in [1.29, 1.82) is 0 Å². The highest BCUT2D eigenvalue weighted by Gasteiger charge is 2.16. The molecule has 0 spiro atoms. The third-order valence-electron chi connectivity index (χ3n) is 8.42. The summed E-state index contributed by atoms with van der Waals surface area (Å²) in [7, 11) is 0. The maximum absolute atomic E-state index is 4.97. The highest BCUT2D eigenvalue weighted by molar-refractivity contribution is 6.09. The predicted octanol–water partition coefficient (Wildman–Crippen LogP) is 10.6. The molecule has 0 saturated heterocycles. The fourth-order valence-electron chi connectivity index (χ4n) is 6.43. The van der Waals surface area contributed by atoms with E-state index in [-0.39, 0.29) is 0 Å².